The van der Waals surface area contributed by atoms with E-state index in [0.29, 0.717) is 39.2 Å². The summed E-state index contributed by atoms with van der Waals surface area (Å²) in [6, 6.07) is 9.20. The van der Waals surface area contributed by atoms with Gasteiger partial charge < -0.3 is 15.0 Å². The number of aliphatic hydroxyl groups is 1. The fourth-order valence-electron chi connectivity index (χ4n) is 3.42. The summed E-state index contributed by atoms with van der Waals surface area (Å²) >= 11 is 18.7. The molecule has 27 heavy (non-hydrogen) atoms. The molecule has 0 aliphatic rings. The second-order valence-corrected chi connectivity index (χ2v) is 7.66. The first-order chi connectivity index (χ1) is 13.0. The molecule has 0 saturated heterocycles. The predicted molar refractivity (Wildman–Crippen MR) is 115 cm³/mol. The Labute approximate surface area is 174 Å². The zero-order valence-electron chi connectivity index (χ0n) is 15.3. The van der Waals surface area contributed by atoms with Gasteiger partial charge in [-0.3, -0.25) is 0 Å². The molecule has 3 rings (SSSR count). The van der Waals surface area contributed by atoms with E-state index in [0.717, 1.165) is 23.9 Å². The van der Waals surface area contributed by atoms with Crippen molar-refractivity contribution >= 4 is 57.5 Å². The molecule has 2 N–H and O–H groups in total. The predicted octanol–water partition coefficient (Wildman–Crippen LogP) is 6.64. The average Bonchev–Trinajstić information content (AvgIpc) is 3.00. The summed E-state index contributed by atoms with van der Waals surface area (Å²) in [5.41, 5.74) is 3.56. The van der Waals surface area contributed by atoms with E-state index in [9.17, 15) is 5.11 Å². The quantitative estimate of drug-likeness (QED) is 0.445. The Morgan fingerprint density at radius 2 is 1.81 bits per heavy atom. The van der Waals surface area contributed by atoms with E-state index in [1.807, 2.05) is 10.6 Å². The molecule has 0 bridgehead atoms. The number of imidazole rings is 1. The monoisotopic (exact) mass is 425 g/mol. The first-order valence-electron chi connectivity index (χ1n) is 9.01. The minimum atomic E-state index is -0.0106. The van der Waals surface area contributed by atoms with Gasteiger partial charge in [0.15, 0.2) is 0 Å². The van der Waals surface area contributed by atoms with Crippen LogP contribution in [0.5, 0.6) is 0 Å². The standard InChI is InChI=1S/C20H22Cl3N3O/c1-3-12(4-2)14-6-7-15(22)18-19(14)26(9-10-27)20(25-18)24-17-8-5-13(21)11-16(17)23/h5-8,11-12,27H,3-4,9-10H2,1-2H3,(H,24,25). The van der Waals surface area contributed by atoms with Crippen LogP contribution in [0.3, 0.4) is 0 Å². The summed E-state index contributed by atoms with van der Waals surface area (Å²) in [5.74, 6) is 0.981. The first-order valence-corrected chi connectivity index (χ1v) is 10.1. The molecule has 1 heterocycles. The lowest BCUT2D eigenvalue weighted by atomic mass is 9.93. The van der Waals surface area contributed by atoms with Gasteiger partial charge in [0.2, 0.25) is 5.95 Å². The normalized spacial score (nSPS) is 11.5. The number of nitrogens with zero attached hydrogens (tertiary/aromatic N) is 2. The van der Waals surface area contributed by atoms with Crippen molar-refractivity contribution in [2.24, 2.45) is 0 Å². The van der Waals surface area contributed by atoms with E-state index in [1.54, 1.807) is 18.2 Å². The van der Waals surface area contributed by atoms with E-state index >= 15 is 0 Å². The van der Waals surface area contributed by atoms with Crippen LogP contribution in [0.2, 0.25) is 15.1 Å². The van der Waals surface area contributed by atoms with Crippen molar-refractivity contribution in [1.29, 1.82) is 0 Å². The second-order valence-electron chi connectivity index (χ2n) is 6.41. The molecule has 3 aromatic rings. The Kier molecular flexibility index (Phi) is 6.53. The van der Waals surface area contributed by atoms with Crippen molar-refractivity contribution < 1.29 is 5.11 Å². The Bertz CT molecular complexity index is 951. The number of anilines is 2. The van der Waals surface area contributed by atoms with E-state index in [4.69, 9.17) is 39.8 Å². The smallest absolute Gasteiger partial charge is 0.208 e. The molecule has 0 saturated carbocycles. The average molecular weight is 427 g/mol. The van der Waals surface area contributed by atoms with Crippen molar-refractivity contribution in [1.82, 2.24) is 9.55 Å². The lowest BCUT2D eigenvalue weighted by Gasteiger charge is -2.17. The molecule has 2 aromatic carbocycles. The van der Waals surface area contributed by atoms with E-state index in [2.05, 4.69) is 25.2 Å². The molecule has 0 amide bonds. The molecule has 144 valence electrons. The van der Waals surface area contributed by atoms with Crippen molar-refractivity contribution in [3.63, 3.8) is 0 Å². The SMILES string of the molecule is CCC(CC)c1ccc(Cl)c2nc(Nc3ccc(Cl)cc3Cl)n(CCO)c12. The number of rotatable bonds is 7. The molecule has 1 aromatic heterocycles. The summed E-state index contributed by atoms with van der Waals surface area (Å²) in [6.45, 7) is 4.74. The number of hydrogen-bond donors (Lipinski definition) is 2. The maximum atomic E-state index is 9.64. The minimum absolute atomic E-state index is 0.0106. The highest BCUT2D eigenvalue weighted by Crippen LogP contribution is 2.37. The van der Waals surface area contributed by atoms with Crippen LogP contribution in [0.1, 0.15) is 38.2 Å². The summed E-state index contributed by atoms with van der Waals surface area (Å²) in [6.07, 6.45) is 2.03. The van der Waals surface area contributed by atoms with Crippen LogP contribution in [-0.4, -0.2) is 21.3 Å². The van der Waals surface area contributed by atoms with Crippen LogP contribution in [0.15, 0.2) is 30.3 Å². The summed E-state index contributed by atoms with van der Waals surface area (Å²) in [7, 11) is 0. The van der Waals surface area contributed by atoms with Crippen LogP contribution in [0.4, 0.5) is 11.6 Å². The number of fused-ring (bicyclic) bond motifs is 1. The molecular weight excluding hydrogens is 405 g/mol. The van der Waals surface area contributed by atoms with Gasteiger partial charge >= 0.3 is 0 Å². The maximum absolute atomic E-state index is 9.64. The third kappa shape index (κ3) is 4.04. The van der Waals surface area contributed by atoms with Crippen molar-refractivity contribution in [2.75, 3.05) is 11.9 Å². The molecule has 0 unspecified atom stereocenters. The molecule has 0 spiro atoms. The Hall–Kier alpha value is -1.46. The van der Waals surface area contributed by atoms with Gasteiger partial charge in [-0.1, -0.05) is 54.7 Å². The van der Waals surface area contributed by atoms with Gasteiger partial charge in [0, 0.05) is 11.6 Å². The number of halogens is 3. The Morgan fingerprint density at radius 3 is 2.44 bits per heavy atom. The van der Waals surface area contributed by atoms with Gasteiger partial charge in [-0.2, -0.15) is 0 Å². The highest BCUT2D eigenvalue weighted by molar-refractivity contribution is 6.36. The van der Waals surface area contributed by atoms with E-state index in [1.165, 1.54) is 5.56 Å². The van der Waals surface area contributed by atoms with Crippen molar-refractivity contribution in [3.8, 4) is 0 Å². The third-order valence-electron chi connectivity index (χ3n) is 4.80. The highest BCUT2D eigenvalue weighted by atomic mass is 35.5. The van der Waals surface area contributed by atoms with Crippen LogP contribution >= 0.6 is 34.8 Å². The van der Waals surface area contributed by atoms with Gasteiger partial charge in [0.1, 0.15) is 5.52 Å². The molecule has 0 aliphatic heterocycles. The number of aromatic nitrogens is 2. The second kappa shape index (κ2) is 8.70. The van der Waals surface area contributed by atoms with Gasteiger partial charge in [-0.15, -0.1) is 0 Å². The lowest BCUT2D eigenvalue weighted by Crippen LogP contribution is -2.09. The van der Waals surface area contributed by atoms with Crippen molar-refractivity contribution in [2.45, 2.75) is 39.2 Å². The maximum Gasteiger partial charge on any atom is 0.208 e. The summed E-state index contributed by atoms with van der Waals surface area (Å²) in [4.78, 5) is 4.72. The Morgan fingerprint density at radius 1 is 1.07 bits per heavy atom. The number of benzene rings is 2. The minimum Gasteiger partial charge on any atom is -0.395 e. The largest absolute Gasteiger partial charge is 0.395 e. The molecular formula is C20H22Cl3N3O. The summed E-state index contributed by atoms with van der Waals surface area (Å²) < 4.78 is 1.97. The fourth-order valence-corrected chi connectivity index (χ4v) is 4.07. The van der Waals surface area contributed by atoms with Crippen LogP contribution < -0.4 is 5.32 Å². The summed E-state index contributed by atoms with van der Waals surface area (Å²) in [5, 5.41) is 14.5. The molecule has 0 radical (unpaired) electrons. The van der Waals surface area contributed by atoms with Crippen LogP contribution in [0, 0.1) is 0 Å². The molecule has 4 nitrogen and oxygen atoms in total. The van der Waals surface area contributed by atoms with Gasteiger partial charge in [0.25, 0.3) is 0 Å². The molecule has 7 heteroatoms. The lowest BCUT2D eigenvalue weighted by molar-refractivity contribution is 0.278. The molecule has 0 atom stereocenters. The highest BCUT2D eigenvalue weighted by Gasteiger charge is 2.20. The number of hydrogen-bond acceptors (Lipinski definition) is 3. The molecule has 0 fully saturated rings. The third-order valence-corrected chi connectivity index (χ3v) is 5.66. The zero-order valence-corrected chi connectivity index (χ0v) is 17.5. The number of nitrogens with one attached hydrogen (secondary N) is 1. The zero-order chi connectivity index (χ0) is 19.6. The fraction of sp³-hybridized carbons (Fsp3) is 0.350. The van der Waals surface area contributed by atoms with Gasteiger partial charge in [0.05, 0.1) is 27.9 Å². The van der Waals surface area contributed by atoms with Gasteiger partial charge in [-0.05, 0) is 48.6 Å². The Balaban J connectivity index is 2.19. The first kappa shape index (κ1) is 20.3. The van der Waals surface area contributed by atoms with Crippen molar-refractivity contribution in [3.05, 3.63) is 51.0 Å². The van der Waals surface area contributed by atoms with Gasteiger partial charge in [-0.25, -0.2) is 4.98 Å². The topological polar surface area (TPSA) is 50.1 Å². The number of aliphatic hydroxyl groups excluding tert-OH is 1. The van der Waals surface area contributed by atoms with E-state index < -0.39 is 0 Å². The van der Waals surface area contributed by atoms with Crippen LogP contribution in [0.25, 0.3) is 11.0 Å². The molecule has 0 aliphatic carbocycles. The van der Waals surface area contributed by atoms with E-state index in [-0.39, 0.29) is 6.61 Å². The van der Waals surface area contributed by atoms with Crippen LogP contribution in [-0.2, 0) is 6.54 Å².